The summed E-state index contributed by atoms with van der Waals surface area (Å²) < 4.78 is 6.94. The van der Waals surface area contributed by atoms with E-state index >= 15 is 0 Å². The molecule has 0 aliphatic heterocycles. The summed E-state index contributed by atoms with van der Waals surface area (Å²) in [7, 11) is 0. The van der Waals surface area contributed by atoms with Crippen molar-refractivity contribution < 1.29 is 9.21 Å². The summed E-state index contributed by atoms with van der Waals surface area (Å²) in [5.41, 5.74) is 3.27. The molecule has 0 aliphatic carbocycles. The Kier molecular flexibility index (Phi) is 3.52. The van der Waals surface area contributed by atoms with Crippen molar-refractivity contribution in [1.29, 1.82) is 0 Å². The molecule has 0 aromatic carbocycles. The molecule has 6 nitrogen and oxygen atoms in total. The van der Waals surface area contributed by atoms with Gasteiger partial charge in [-0.3, -0.25) is 15.0 Å². The minimum absolute atomic E-state index is 0.0821. The number of hydrogen-bond acceptors (Lipinski definition) is 4. The molecule has 0 fully saturated rings. The highest BCUT2D eigenvalue weighted by Gasteiger charge is 2.15. The fourth-order valence-electron chi connectivity index (χ4n) is 1.87. The van der Waals surface area contributed by atoms with Gasteiger partial charge < -0.3 is 8.98 Å². The lowest BCUT2D eigenvalue weighted by Crippen LogP contribution is -2.30. The summed E-state index contributed by atoms with van der Waals surface area (Å²) in [6.07, 6.45) is 1.68. The number of nitrogens with zero attached hydrogens (tertiary/aromatic N) is 1. The lowest BCUT2D eigenvalue weighted by Gasteiger charge is -2.03. The van der Waals surface area contributed by atoms with Crippen molar-refractivity contribution in [2.24, 2.45) is 5.84 Å². The standard InChI is InChI=1S/C13H15N3O3/c1-8-4-3-5-16(13(8)18)7-10-6-9(2)11(19-10)12(17)15-14/h3-6H,7,14H2,1-2H3,(H,15,17). The van der Waals surface area contributed by atoms with Crippen LogP contribution in [0.2, 0.25) is 0 Å². The number of rotatable bonds is 3. The molecule has 100 valence electrons. The zero-order valence-corrected chi connectivity index (χ0v) is 10.8. The molecule has 1 amide bonds. The topological polar surface area (TPSA) is 90.3 Å². The third-order valence-electron chi connectivity index (χ3n) is 2.84. The molecule has 0 spiro atoms. The monoisotopic (exact) mass is 261 g/mol. The van der Waals surface area contributed by atoms with Gasteiger partial charge in [-0.15, -0.1) is 0 Å². The third-order valence-corrected chi connectivity index (χ3v) is 2.84. The first-order chi connectivity index (χ1) is 9.02. The molecule has 0 atom stereocenters. The van der Waals surface area contributed by atoms with Crippen LogP contribution in [-0.4, -0.2) is 10.5 Å². The van der Waals surface area contributed by atoms with E-state index in [2.05, 4.69) is 0 Å². The maximum Gasteiger partial charge on any atom is 0.301 e. The van der Waals surface area contributed by atoms with Gasteiger partial charge in [0.25, 0.3) is 5.56 Å². The number of amides is 1. The van der Waals surface area contributed by atoms with Crippen molar-refractivity contribution in [2.75, 3.05) is 0 Å². The van der Waals surface area contributed by atoms with Gasteiger partial charge >= 0.3 is 5.91 Å². The van der Waals surface area contributed by atoms with Crippen LogP contribution in [0.1, 0.15) is 27.4 Å². The predicted molar refractivity (Wildman–Crippen MR) is 69.6 cm³/mol. The van der Waals surface area contributed by atoms with E-state index in [9.17, 15) is 9.59 Å². The van der Waals surface area contributed by atoms with Crippen molar-refractivity contribution >= 4 is 5.91 Å². The second kappa shape index (κ2) is 5.11. The Hall–Kier alpha value is -2.34. The Labute approximate surface area is 109 Å². The summed E-state index contributed by atoms with van der Waals surface area (Å²) in [6, 6.07) is 5.26. The predicted octanol–water partition coefficient (Wildman–Crippen LogP) is 0.710. The average Bonchev–Trinajstić information content (AvgIpc) is 2.75. The molecule has 0 aliphatic rings. The fraction of sp³-hybridized carbons (Fsp3) is 0.231. The number of aromatic nitrogens is 1. The SMILES string of the molecule is Cc1cc(Cn2cccc(C)c2=O)oc1C(=O)NN. The molecular formula is C13H15N3O3. The Morgan fingerprint density at radius 2 is 2.16 bits per heavy atom. The lowest BCUT2D eigenvalue weighted by atomic mass is 10.2. The van der Waals surface area contributed by atoms with Crippen LogP contribution in [0.25, 0.3) is 0 Å². The molecule has 2 heterocycles. The Morgan fingerprint density at radius 1 is 1.42 bits per heavy atom. The Morgan fingerprint density at radius 3 is 2.84 bits per heavy atom. The maximum atomic E-state index is 11.9. The van der Waals surface area contributed by atoms with E-state index in [4.69, 9.17) is 10.3 Å². The minimum Gasteiger partial charge on any atom is -0.454 e. The normalized spacial score (nSPS) is 10.5. The number of nitrogens with two attached hydrogens (primary N) is 1. The summed E-state index contributed by atoms with van der Waals surface area (Å²) >= 11 is 0. The van der Waals surface area contributed by atoms with E-state index in [-0.39, 0.29) is 17.9 Å². The number of aryl methyl sites for hydroxylation is 2. The van der Waals surface area contributed by atoms with E-state index < -0.39 is 5.91 Å². The number of carbonyl (C=O) groups excluding carboxylic acids is 1. The summed E-state index contributed by atoms with van der Waals surface area (Å²) in [4.78, 5) is 23.3. The lowest BCUT2D eigenvalue weighted by molar-refractivity contribution is 0.0923. The highest BCUT2D eigenvalue weighted by atomic mass is 16.4. The highest BCUT2D eigenvalue weighted by Crippen LogP contribution is 2.15. The number of carbonyl (C=O) groups is 1. The number of nitrogen functional groups attached to an aromatic ring is 1. The highest BCUT2D eigenvalue weighted by molar-refractivity contribution is 5.92. The first-order valence-electron chi connectivity index (χ1n) is 5.79. The van der Waals surface area contributed by atoms with Crippen LogP contribution in [0.5, 0.6) is 0 Å². The van der Waals surface area contributed by atoms with Gasteiger partial charge in [0.05, 0.1) is 6.54 Å². The summed E-state index contributed by atoms with van der Waals surface area (Å²) in [6.45, 7) is 3.77. The van der Waals surface area contributed by atoms with Gasteiger partial charge in [0, 0.05) is 17.3 Å². The van der Waals surface area contributed by atoms with E-state index in [1.165, 1.54) is 4.57 Å². The summed E-state index contributed by atoms with van der Waals surface area (Å²) in [5, 5.41) is 0. The van der Waals surface area contributed by atoms with Crippen LogP contribution in [-0.2, 0) is 6.54 Å². The smallest absolute Gasteiger partial charge is 0.301 e. The molecule has 2 rings (SSSR count). The van der Waals surface area contributed by atoms with Crippen LogP contribution in [0.4, 0.5) is 0 Å². The van der Waals surface area contributed by atoms with Crippen LogP contribution < -0.4 is 16.8 Å². The van der Waals surface area contributed by atoms with Gasteiger partial charge in [0.1, 0.15) is 5.76 Å². The van der Waals surface area contributed by atoms with E-state index in [1.54, 1.807) is 38.2 Å². The van der Waals surface area contributed by atoms with Crippen molar-refractivity contribution in [2.45, 2.75) is 20.4 Å². The van der Waals surface area contributed by atoms with Gasteiger partial charge in [-0.05, 0) is 26.0 Å². The number of furan rings is 1. The van der Waals surface area contributed by atoms with Crippen molar-refractivity contribution in [3.05, 3.63) is 57.4 Å². The van der Waals surface area contributed by atoms with Gasteiger partial charge in [0.15, 0.2) is 5.76 Å². The zero-order valence-electron chi connectivity index (χ0n) is 10.8. The van der Waals surface area contributed by atoms with Crippen molar-refractivity contribution in [3.8, 4) is 0 Å². The fourth-order valence-corrected chi connectivity index (χ4v) is 1.87. The number of nitrogens with one attached hydrogen (secondary N) is 1. The number of hydrogen-bond donors (Lipinski definition) is 2. The third kappa shape index (κ3) is 2.58. The molecule has 3 N–H and O–H groups in total. The molecule has 2 aromatic rings. The maximum absolute atomic E-state index is 11.9. The van der Waals surface area contributed by atoms with Crippen LogP contribution in [0.15, 0.2) is 33.6 Å². The number of pyridine rings is 1. The molecule has 0 radical (unpaired) electrons. The van der Waals surface area contributed by atoms with Crippen molar-refractivity contribution in [3.63, 3.8) is 0 Å². The molecule has 19 heavy (non-hydrogen) atoms. The van der Waals surface area contributed by atoms with Gasteiger partial charge in [-0.1, -0.05) is 6.07 Å². The molecular weight excluding hydrogens is 246 g/mol. The molecule has 0 saturated carbocycles. The molecule has 6 heteroatoms. The largest absolute Gasteiger partial charge is 0.454 e. The van der Waals surface area contributed by atoms with Gasteiger partial charge in [-0.25, -0.2) is 5.84 Å². The minimum atomic E-state index is -0.486. The average molecular weight is 261 g/mol. The molecule has 0 bridgehead atoms. The van der Waals surface area contributed by atoms with Crippen LogP contribution >= 0.6 is 0 Å². The first kappa shape index (κ1) is 13.1. The second-order valence-electron chi connectivity index (χ2n) is 4.32. The van der Waals surface area contributed by atoms with Crippen molar-refractivity contribution in [1.82, 2.24) is 9.99 Å². The molecule has 0 saturated heterocycles. The van der Waals surface area contributed by atoms with E-state index in [0.29, 0.717) is 16.9 Å². The van der Waals surface area contributed by atoms with Crippen LogP contribution in [0.3, 0.4) is 0 Å². The van der Waals surface area contributed by atoms with Gasteiger partial charge in [-0.2, -0.15) is 0 Å². The van der Waals surface area contributed by atoms with E-state index in [0.717, 1.165) is 0 Å². The second-order valence-corrected chi connectivity index (χ2v) is 4.32. The van der Waals surface area contributed by atoms with Crippen LogP contribution in [0, 0.1) is 13.8 Å². The Balaban J connectivity index is 2.32. The van der Waals surface area contributed by atoms with Gasteiger partial charge in [0.2, 0.25) is 0 Å². The molecule has 0 unspecified atom stereocenters. The first-order valence-corrected chi connectivity index (χ1v) is 5.79. The number of hydrazine groups is 1. The Bertz CT molecular complexity index is 670. The van der Waals surface area contributed by atoms with E-state index in [1.807, 2.05) is 5.43 Å². The zero-order chi connectivity index (χ0) is 14.0. The quantitative estimate of drug-likeness (QED) is 0.483. The summed E-state index contributed by atoms with van der Waals surface area (Å²) in [5.74, 6) is 5.27. The molecule has 2 aromatic heterocycles.